The topological polar surface area (TPSA) is 0 Å². The lowest BCUT2D eigenvalue weighted by Gasteiger charge is -2.58. The molecule has 0 aromatic heterocycles. The summed E-state index contributed by atoms with van der Waals surface area (Å²) < 4.78 is 0. The second kappa shape index (κ2) is 2.50. The molecule has 0 heteroatoms. The van der Waals surface area contributed by atoms with Crippen LogP contribution in [0.1, 0.15) is 41.5 Å². The molecule has 3 atom stereocenters. The molecule has 0 aliphatic heterocycles. The van der Waals surface area contributed by atoms with E-state index < -0.39 is 0 Å². The molecule has 0 aromatic carbocycles. The second-order valence-electron chi connectivity index (χ2n) is 5.24. The molecule has 66 valence electrons. The summed E-state index contributed by atoms with van der Waals surface area (Å²) in [6.45, 7) is 14.3. The molecular formula is C11H22. The van der Waals surface area contributed by atoms with E-state index in [1.807, 2.05) is 0 Å². The zero-order valence-electron chi connectivity index (χ0n) is 8.81. The Morgan fingerprint density at radius 2 is 1.55 bits per heavy atom. The Bertz CT molecular complexity index is 144. The molecule has 0 aromatic rings. The average Bonchev–Trinajstić information content (AvgIpc) is 1.85. The van der Waals surface area contributed by atoms with Gasteiger partial charge in [0.15, 0.2) is 0 Å². The smallest absolute Gasteiger partial charge is 0.0292 e. The number of hydrogen-bond acceptors (Lipinski definition) is 0. The van der Waals surface area contributed by atoms with E-state index in [-0.39, 0.29) is 0 Å². The lowest BCUT2D eigenvalue weighted by Crippen LogP contribution is -2.53. The predicted molar refractivity (Wildman–Crippen MR) is 50.4 cm³/mol. The maximum absolute atomic E-state index is 2.42. The van der Waals surface area contributed by atoms with Crippen molar-refractivity contribution >= 4 is 0 Å². The molecule has 1 fully saturated rings. The van der Waals surface area contributed by atoms with E-state index in [0.29, 0.717) is 5.41 Å². The zero-order valence-corrected chi connectivity index (χ0v) is 8.81. The van der Waals surface area contributed by atoms with Crippen LogP contribution in [0.25, 0.3) is 0 Å². The number of hydrogen-bond donors (Lipinski definition) is 0. The fourth-order valence-electron chi connectivity index (χ4n) is 3.32. The van der Waals surface area contributed by atoms with Gasteiger partial charge in [0.2, 0.25) is 0 Å². The zero-order chi connectivity index (χ0) is 8.81. The van der Waals surface area contributed by atoms with E-state index >= 15 is 0 Å². The van der Waals surface area contributed by atoms with Crippen LogP contribution < -0.4 is 0 Å². The Morgan fingerprint density at radius 1 is 1.09 bits per heavy atom. The Labute approximate surface area is 71.4 Å². The third kappa shape index (κ3) is 1.11. The standard InChI is InChI=1S/C11H22/c1-7(2)10-8(3)9(4)11(10,5)6/h7-10H,1-6H3. The van der Waals surface area contributed by atoms with Crippen LogP contribution in [-0.4, -0.2) is 0 Å². The van der Waals surface area contributed by atoms with Crippen molar-refractivity contribution in [3.8, 4) is 0 Å². The molecule has 0 radical (unpaired) electrons. The average molecular weight is 154 g/mol. The molecule has 0 heterocycles. The molecule has 1 aliphatic carbocycles. The summed E-state index contributed by atoms with van der Waals surface area (Å²) in [5.74, 6) is 3.65. The van der Waals surface area contributed by atoms with Crippen molar-refractivity contribution in [3.63, 3.8) is 0 Å². The van der Waals surface area contributed by atoms with Crippen molar-refractivity contribution in [1.82, 2.24) is 0 Å². The van der Waals surface area contributed by atoms with Gasteiger partial charge in [0.1, 0.15) is 0 Å². The highest BCUT2D eigenvalue weighted by molar-refractivity contribution is 5.00. The van der Waals surface area contributed by atoms with Gasteiger partial charge in [-0.1, -0.05) is 41.5 Å². The summed E-state index contributed by atoms with van der Waals surface area (Å²) in [5, 5.41) is 0. The molecule has 0 saturated heterocycles. The highest BCUT2D eigenvalue weighted by atomic mass is 14.6. The maximum atomic E-state index is 2.42. The van der Waals surface area contributed by atoms with Gasteiger partial charge in [0.25, 0.3) is 0 Å². The monoisotopic (exact) mass is 154 g/mol. The first-order valence-electron chi connectivity index (χ1n) is 4.89. The van der Waals surface area contributed by atoms with Gasteiger partial charge in [-0.15, -0.1) is 0 Å². The van der Waals surface area contributed by atoms with Gasteiger partial charge in [-0.05, 0) is 29.1 Å². The quantitative estimate of drug-likeness (QED) is 0.541. The summed E-state index contributed by atoms with van der Waals surface area (Å²) in [7, 11) is 0. The van der Waals surface area contributed by atoms with Crippen molar-refractivity contribution in [2.24, 2.45) is 29.1 Å². The minimum Gasteiger partial charge on any atom is -0.0625 e. The Morgan fingerprint density at radius 3 is 1.73 bits per heavy atom. The maximum Gasteiger partial charge on any atom is -0.0292 e. The van der Waals surface area contributed by atoms with Gasteiger partial charge >= 0.3 is 0 Å². The SMILES string of the molecule is CC(C)C1C(C)C(C)C1(C)C. The van der Waals surface area contributed by atoms with Crippen molar-refractivity contribution in [2.45, 2.75) is 41.5 Å². The molecule has 0 spiro atoms. The molecule has 0 amide bonds. The van der Waals surface area contributed by atoms with Gasteiger partial charge < -0.3 is 0 Å². The van der Waals surface area contributed by atoms with E-state index in [9.17, 15) is 0 Å². The van der Waals surface area contributed by atoms with Crippen molar-refractivity contribution in [3.05, 3.63) is 0 Å². The van der Waals surface area contributed by atoms with E-state index in [2.05, 4.69) is 41.5 Å². The first kappa shape index (κ1) is 9.09. The van der Waals surface area contributed by atoms with Crippen molar-refractivity contribution < 1.29 is 0 Å². The van der Waals surface area contributed by atoms with E-state index in [0.717, 1.165) is 23.7 Å². The van der Waals surface area contributed by atoms with E-state index in [1.165, 1.54) is 0 Å². The molecule has 1 saturated carbocycles. The molecule has 0 N–H and O–H groups in total. The third-order valence-corrected chi connectivity index (χ3v) is 4.11. The highest BCUT2D eigenvalue weighted by Crippen LogP contribution is 2.57. The van der Waals surface area contributed by atoms with Crippen LogP contribution in [-0.2, 0) is 0 Å². The largest absolute Gasteiger partial charge is 0.0625 e. The first-order valence-corrected chi connectivity index (χ1v) is 4.89. The minimum atomic E-state index is 0.591. The highest BCUT2D eigenvalue weighted by Gasteiger charge is 2.51. The van der Waals surface area contributed by atoms with Gasteiger partial charge in [0, 0.05) is 0 Å². The van der Waals surface area contributed by atoms with Crippen LogP contribution in [0.5, 0.6) is 0 Å². The summed E-state index contributed by atoms with van der Waals surface area (Å²) in [5.41, 5.74) is 0.591. The van der Waals surface area contributed by atoms with Gasteiger partial charge in [-0.25, -0.2) is 0 Å². The molecule has 3 unspecified atom stereocenters. The van der Waals surface area contributed by atoms with Crippen LogP contribution in [0.4, 0.5) is 0 Å². The summed E-state index contributed by atoms with van der Waals surface area (Å²) >= 11 is 0. The molecule has 1 rings (SSSR count). The van der Waals surface area contributed by atoms with E-state index in [4.69, 9.17) is 0 Å². The van der Waals surface area contributed by atoms with Crippen LogP contribution in [0, 0.1) is 29.1 Å². The van der Waals surface area contributed by atoms with Crippen LogP contribution in [0.15, 0.2) is 0 Å². The second-order valence-corrected chi connectivity index (χ2v) is 5.24. The lowest BCUT2D eigenvalue weighted by atomic mass is 9.47. The van der Waals surface area contributed by atoms with Crippen LogP contribution in [0.3, 0.4) is 0 Å². The molecular weight excluding hydrogens is 132 g/mol. The Hall–Kier alpha value is 0. The van der Waals surface area contributed by atoms with E-state index in [1.54, 1.807) is 0 Å². The molecule has 11 heavy (non-hydrogen) atoms. The minimum absolute atomic E-state index is 0.591. The van der Waals surface area contributed by atoms with Gasteiger partial charge in [-0.3, -0.25) is 0 Å². The van der Waals surface area contributed by atoms with Gasteiger partial charge in [-0.2, -0.15) is 0 Å². The fraction of sp³-hybridized carbons (Fsp3) is 1.00. The Kier molecular flexibility index (Phi) is 2.07. The fourth-order valence-corrected chi connectivity index (χ4v) is 3.32. The summed E-state index contributed by atoms with van der Waals surface area (Å²) in [6.07, 6.45) is 0. The summed E-state index contributed by atoms with van der Waals surface area (Å²) in [4.78, 5) is 0. The third-order valence-electron chi connectivity index (χ3n) is 4.11. The first-order chi connectivity index (χ1) is 4.89. The predicted octanol–water partition coefficient (Wildman–Crippen LogP) is 3.57. The lowest BCUT2D eigenvalue weighted by molar-refractivity contribution is -0.102. The number of rotatable bonds is 1. The van der Waals surface area contributed by atoms with Gasteiger partial charge in [0.05, 0.1) is 0 Å². The van der Waals surface area contributed by atoms with Crippen LogP contribution in [0.2, 0.25) is 0 Å². The normalized spacial score (nSPS) is 42.3. The van der Waals surface area contributed by atoms with Crippen LogP contribution >= 0.6 is 0 Å². The molecule has 0 nitrogen and oxygen atoms in total. The summed E-state index contributed by atoms with van der Waals surface area (Å²) in [6, 6.07) is 0. The molecule has 0 bridgehead atoms. The van der Waals surface area contributed by atoms with Crippen molar-refractivity contribution in [2.75, 3.05) is 0 Å². The van der Waals surface area contributed by atoms with Crippen molar-refractivity contribution in [1.29, 1.82) is 0 Å². The Balaban J connectivity index is 2.69. The molecule has 1 aliphatic rings.